The van der Waals surface area contributed by atoms with Crippen LogP contribution in [-0.2, 0) is 0 Å². The maximum Gasteiger partial charge on any atom is 0.131 e. The summed E-state index contributed by atoms with van der Waals surface area (Å²) in [5, 5.41) is 3.47. The average molecular weight is 228 g/mol. The molecule has 0 aromatic rings. The van der Waals surface area contributed by atoms with Crippen LogP contribution in [0.25, 0.3) is 0 Å². The van der Waals surface area contributed by atoms with Crippen LogP contribution in [-0.4, -0.2) is 12.4 Å². The lowest BCUT2D eigenvalue weighted by Gasteiger charge is -2.06. The second-order valence-electron chi connectivity index (χ2n) is 3.11. The van der Waals surface area contributed by atoms with Crippen molar-refractivity contribution in [1.29, 1.82) is 0 Å². The molecule has 0 spiro atoms. The van der Waals surface area contributed by atoms with Gasteiger partial charge in [-0.2, -0.15) is 0 Å². The summed E-state index contributed by atoms with van der Waals surface area (Å²) >= 11 is 5.95. The Morgan fingerprint density at radius 3 is 2.67 bits per heavy atom. The van der Waals surface area contributed by atoms with Crippen LogP contribution < -0.4 is 11.1 Å². The highest BCUT2D eigenvalue weighted by molar-refractivity contribution is 6.30. The quantitative estimate of drug-likeness (QED) is 0.317. The van der Waals surface area contributed by atoms with E-state index in [-0.39, 0.29) is 0 Å². The predicted octanol–water partition coefficient (Wildman–Crippen LogP) is 2.51. The van der Waals surface area contributed by atoms with Gasteiger partial charge in [0.25, 0.3) is 0 Å². The number of rotatable bonds is 6. The highest BCUT2D eigenvalue weighted by Gasteiger charge is 1.98. The van der Waals surface area contributed by atoms with Gasteiger partial charge >= 0.3 is 0 Å². The van der Waals surface area contributed by atoms with Crippen molar-refractivity contribution < 1.29 is 0 Å². The molecule has 0 aromatic carbocycles. The molecule has 0 radical (unpaired) electrons. The van der Waals surface area contributed by atoms with E-state index in [0.29, 0.717) is 24.0 Å². The fourth-order valence-corrected chi connectivity index (χ4v) is 0.867. The van der Waals surface area contributed by atoms with Crippen LogP contribution in [0.3, 0.4) is 0 Å². The number of amidine groups is 1. The van der Waals surface area contributed by atoms with Crippen LogP contribution in [0.2, 0.25) is 0 Å². The fourth-order valence-electron chi connectivity index (χ4n) is 0.692. The SMILES string of the molecule is C=CC(=C)NC/C(C)=C(Cl)/N=C(/N)CC. The summed E-state index contributed by atoms with van der Waals surface area (Å²) in [4.78, 5) is 4.04. The largest absolute Gasteiger partial charge is 0.387 e. The van der Waals surface area contributed by atoms with Crippen molar-refractivity contribution in [2.45, 2.75) is 20.3 Å². The van der Waals surface area contributed by atoms with Gasteiger partial charge in [-0.15, -0.1) is 0 Å². The summed E-state index contributed by atoms with van der Waals surface area (Å²) in [6.07, 6.45) is 2.33. The number of allylic oxidation sites excluding steroid dienone is 1. The molecule has 0 heterocycles. The van der Waals surface area contributed by atoms with Crippen molar-refractivity contribution >= 4 is 17.4 Å². The molecular weight excluding hydrogens is 210 g/mol. The molecule has 3 N–H and O–H groups in total. The van der Waals surface area contributed by atoms with Gasteiger partial charge in [-0.25, -0.2) is 4.99 Å². The Balaban J connectivity index is 4.39. The van der Waals surface area contributed by atoms with Crippen LogP contribution in [0.5, 0.6) is 0 Å². The minimum absolute atomic E-state index is 0.429. The molecule has 0 atom stereocenters. The molecule has 15 heavy (non-hydrogen) atoms. The first-order valence-corrected chi connectivity index (χ1v) is 5.12. The van der Waals surface area contributed by atoms with E-state index < -0.39 is 0 Å². The normalized spacial score (nSPS) is 13.1. The first-order chi connectivity index (χ1) is 7.01. The first-order valence-electron chi connectivity index (χ1n) is 4.74. The van der Waals surface area contributed by atoms with Gasteiger partial charge in [0, 0.05) is 18.7 Å². The summed E-state index contributed by atoms with van der Waals surface area (Å²) in [6, 6.07) is 0. The van der Waals surface area contributed by atoms with Gasteiger partial charge in [0.2, 0.25) is 0 Å². The standard InChI is InChI=1S/C11H18ClN3/c1-5-9(4)14-7-8(3)11(12)15-10(13)6-2/h5,14H,1,4,6-7H2,2-3H3,(H2,13,15)/b11-8+. The van der Waals surface area contributed by atoms with E-state index in [4.69, 9.17) is 17.3 Å². The zero-order chi connectivity index (χ0) is 11.8. The number of nitrogens with two attached hydrogens (primary N) is 1. The molecule has 0 fully saturated rings. The molecule has 0 saturated carbocycles. The second kappa shape index (κ2) is 7.12. The molecule has 0 aromatic heterocycles. The zero-order valence-corrected chi connectivity index (χ0v) is 10.1. The Hall–Kier alpha value is -1.22. The molecule has 84 valence electrons. The molecule has 0 aliphatic heterocycles. The van der Waals surface area contributed by atoms with Crippen LogP contribution in [0, 0.1) is 0 Å². The third-order valence-corrected chi connectivity index (χ3v) is 2.19. The lowest BCUT2D eigenvalue weighted by molar-refractivity contribution is 0.893. The molecular formula is C11H18ClN3. The molecule has 0 rings (SSSR count). The van der Waals surface area contributed by atoms with Crippen LogP contribution in [0.1, 0.15) is 20.3 Å². The lowest BCUT2D eigenvalue weighted by atomic mass is 10.3. The van der Waals surface area contributed by atoms with E-state index in [1.807, 2.05) is 13.8 Å². The van der Waals surface area contributed by atoms with Crippen molar-refractivity contribution in [3.05, 3.63) is 35.7 Å². The number of halogens is 1. The number of hydrogen-bond donors (Lipinski definition) is 2. The molecule has 0 aliphatic carbocycles. The van der Waals surface area contributed by atoms with E-state index in [0.717, 1.165) is 11.3 Å². The van der Waals surface area contributed by atoms with Gasteiger partial charge < -0.3 is 11.1 Å². The van der Waals surface area contributed by atoms with Gasteiger partial charge in [-0.3, -0.25) is 0 Å². The third-order valence-electron chi connectivity index (χ3n) is 1.78. The Morgan fingerprint density at radius 2 is 2.20 bits per heavy atom. The summed E-state index contributed by atoms with van der Waals surface area (Å²) in [5.41, 5.74) is 7.24. The van der Waals surface area contributed by atoms with E-state index in [1.54, 1.807) is 6.08 Å². The van der Waals surface area contributed by atoms with Crippen molar-refractivity contribution in [2.75, 3.05) is 6.54 Å². The number of aliphatic imine (C=N–C) groups is 1. The first kappa shape index (κ1) is 13.8. The number of hydrogen-bond acceptors (Lipinski definition) is 2. The molecule has 0 bridgehead atoms. The Kier molecular flexibility index (Phi) is 6.54. The molecule has 3 nitrogen and oxygen atoms in total. The Morgan fingerprint density at radius 1 is 1.60 bits per heavy atom. The summed E-state index contributed by atoms with van der Waals surface area (Å²) in [5.74, 6) is 0.530. The van der Waals surface area contributed by atoms with Crippen molar-refractivity contribution in [2.24, 2.45) is 10.7 Å². The van der Waals surface area contributed by atoms with Crippen molar-refractivity contribution in [3.8, 4) is 0 Å². The van der Waals surface area contributed by atoms with Gasteiger partial charge in [-0.1, -0.05) is 31.7 Å². The second-order valence-corrected chi connectivity index (χ2v) is 3.47. The summed E-state index contributed by atoms with van der Waals surface area (Å²) in [6.45, 7) is 11.7. The topological polar surface area (TPSA) is 50.4 Å². The van der Waals surface area contributed by atoms with Crippen LogP contribution >= 0.6 is 11.6 Å². The highest BCUT2D eigenvalue weighted by atomic mass is 35.5. The van der Waals surface area contributed by atoms with Gasteiger partial charge in [0.1, 0.15) is 11.0 Å². The van der Waals surface area contributed by atoms with Crippen molar-refractivity contribution in [1.82, 2.24) is 5.32 Å². The maximum atomic E-state index is 5.95. The van der Waals surface area contributed by atoms with Gasteiger partial charge in [-0.05, 0) is 18.6 Å². The monoisotopic (exact) mass is 227 g/mol. The summed E-state index contributed by atoms with van der Waals surface area (Å²) < 4.78 is 0. The van der Waals surface area contributed by atoms with Gasteiger partial charge in [0.15, 0.2) is 0 Å². The zero-order valence-electron chi connectivity index (χ0n) is 9.31. The number of nitrogens with one attached hydrogen (secondary N) is 1. The minimum atomic E-state index is 0.429. The van der Waals surface area contributed by atoms with Crippen LogP contribution in [0.15, 0.2) is 40.7 Å². The Labute approximate surface area is 96.4 Å². The van der Waals surface area contributed by atoms with E-state index in [9.17, 15) is 0 Å². The van der Waals surface area contributed by atoms with Crippen molar-refractivity contribution in [3.63, 3.8) is 0 Å². The van der Waals surface area contributed by atoms with Crippen LogP contribution in [0.4, 0.5) is 0 Å². The van der Waals surface area contributed by atoms with E-state index in [2.05, 4.69) is 23.5 Å². The smallest absolute Gasteiger partial charge is 0.131 e. The molecule has 0 saturated heterocycles. The van der Waals surface area contributed by atoms with E-state index in [1.165, 1.54) is 0 Å². The fraction of sp³-hybridized carbons (Fsp3) is 0.364. The predicted molar refractivity (Wildman–Crippen MR) is 67.8 cm³/mol. The summed E-state index contributed by atoms with van der Waals surface area (Å²) in [7, 11) is 0. The molecule has 0 amide bonds. The lowest BCUT2D eigenvalue weighted by Crippen LogP contribution is -2.14. The highest BCUT2D eigenvalue weighted by Crippen LogP contribution is 2.10. The maximum absolute atomic E-state index is 5.95. The average Bonchev–Trinajstić information content (AvgIpc) is 2.24. The molecule has 0 aliphatic rings. The van der Waals surface area contributed by atoms with E-state index >= 15 is 0 Å². The minimum Gasteiger partial charge on any atom is -0.387 e. The molecule has 0 unspecified atom stereocenters. The molecule has 4 heteroatoms. The number of nitrogens with zero attached hydrogens (tertiary/aromatic N) is 1. The Bertz CT molecular complexity index is 303. The van der Waals surface area contributed by atoms with Gasteiger partial charge in [0.05, 0.1) is 0 Å². The third kappa shape index (κ3) is 5.96.